The van der Waals surface area contributed by atoms with E-state index in [0.29, 0.717) is 10.1 Å². The standard InChI is InChI=1S/C20H24ClN3O2S/c1-25-18-8-2-15(3-9-18)19(24-10-12-26-13-11-24)14-22-20(27)23-17-6-4-16(21)5-7-17/h2-9,19H,10-14H2,1H3,(H2,22,23,27)/p+1/t19-/m1/s1. The van der Waals surface area contributed by atoms with Gasteiger partial charge in [-0.1, -0.05) is 11.6 Å². The van der Waals surface area contributed by atoms with Crippen molar-refractivity contribution in [2.24, 2.45) is 0 Å². The molecule has 5 nitrogen and oxygen atoms in total. The van der Waals surface area contributed by atoms with Crippen LogP contribution in [0.3, 0.4) is 0 Å². The predicted molar refractivity (Wildman–Crippen MR) is 113 cm³/mol. The smallest absolute Gasteiger partial charge is 0.171 e. The average molecular weight is 407 g/mol. The van der Waals surface area contributed by atoms with Crippen molar-refractivity contribution in [1.82, 2.24) is 5.32 Å². The Morgan fingerprint density at radius 3 is 2.44 bits per heavy atom. The van der Waals surface area contributed by atoms with Gasteiger partial charge in [-0.15, -0.1) is 0 Å². The maximum atomic E-state index is 5.93. The molecule has 0 bridgehead atoms. The van der Waals surface area contributed by atoms with E-state index in [1.54, 1.807) is 7.11 Å². The number of morpholine rings is 1. The summed E-state index contributed by atoms with van der Waals surface area (Å²) in [4.78, 5) is 1.49. The summed E-state index contributed by atoms with van der Waals surface area (Å²) >= 11 is 11.4. The Bertz CT molecular complexity index is 734. The van der Waals surface area contributed by atoms with Crippen molar-refractivity contribution in [2.75, 3.05) is 45.3 Å². The van der Waals surface area contributed by atoms with Crippen LogP contribution in [0.15, 0.2) is 48.5 Å². The molecule has 144 valence electrons. The van der Waals surface area contributed by atoms with Crippen LogP contribution in [0.4, 0.5) is 5.69 Å². The number of rotatable bonds is 6. The molecular formula is C20H25ClN3O2S+. The second-order valence-corrected chi connectivity index (χ2v) is 7.28. The Morgan fingerprint density at radius 1 is 1.15 bits per heavy atom. The minimum atomic E-state index is 0.282. The van der Waals surface area contributed by atoms with Gasteiger partial charge in [0.25, 0.3) is 0 Å². The summed E-state index contributed by atoms with van der Waals surface area (Å²) in [7, 11) is 1.68. The van der Waals surface area contributed by atoms with Crippen LogP contribution in [0.1, 0.15) is 11.6 Å². The van der Waals surface area contributed by atoms with Crippen LogP contribution >= 0.6 is 23.8 Å². The molecule has 1 fully saturated rings. The normalized spacial score (nSPS) is 15.8. The van der Waals surface area contributed by atoms with E-state index in [9.17, 15) is 0 Å². The molecule has 3 N–H and O–H groups in total. The first-order valence-corrected chi connectivity index (χ1v) is 9.81. The van der Waals surface area contributed by atoms with Crippen molar-refractivity contribution in [3.63, 3.8) is 0 Å². The van der Waals surface area contributed by atoms with Crippen LogP contribution in [0.25, 0.3) is 0 Å². The molecule has 0 radical (unpaired) electrons. The maximum Gasteiger partial charge on any atom is 0.171 e. The van der Waals surface area contributed by atoms with Crippen molar-refractivity contribution in [3.8, 4) is 5.75 Å². The van der Waals surface area contributed by atoms with E-state index in [4.69, 9.17) is 33.3 Å². The first kappa shape index (κ1) is 19.9. The molecule has 7 heteroatoms. The van der Waals surface area contributed by atoms with E-state index in [1.165, 1.54) is 10.5 Å². The third kappa shape index (κ3) is 5.81. The number of ether oxygens (including phenoxy) is 2. The van der Waals surface area contributed by atoms with Crippen molar-refractivity contribution < 1.29 is 14.4 Å². The van der Waals surface area contributed by atoms with Crippen molar-refractivity contribution in [3.05, 3.63) is 59.1 Å². The average Bonchev–Trinajstić information content (AvgIpc) is 2.71. The van der Waals surface area contributed by atoms with Crippen LogP contribution < -0.4 is 20.3 Å². The van der Waals surface area contributed by atoms with Crippen LogP contribution in [0.2, 0.25) is 5.02 Å². The molecule has 0 spiro atoms. The molecule has 0 saturated carbocycles. The number of methoxy groups -OCH3 is 1. The number of benzene rings is 2. The lowest BCUT2D eigenvalue weighted by atomic mass is 10.0. The van der Waals surface area contributed by atoms with Gasteiger partial charge in [-0.25, -0.2) is 0 Å². The third-order valence-electron chi connectivity index (χ3n) is 4.71. The van der Waals surface area contributed by atoms with Gasteiger partial charge < -0.3 is 25.0 Å². The van der Waals surface area contributed by atoms with Crippen LogP contribution in [-0.2, 0) is 4.74 Å². The van der Waals surface area contributed by atoms with Gasteiger partial charge >= 0.3 is 0 Å². The van der Waals surface area contributed by atoms with Crippen molar-refractivity contribution >= 4 is 34.6 Å². The zero-order valence-electron chi connectivity index (χ0n) is 15.3. The minimum Gasteiger partial charge on any atom is -0.497 e. The molecule has 1 heterocycles. The Balaban J connectivity index is 1.64. The van der Waals surface area contributed by atoms with Crippen molar-refractivity contribution in [2.45, 2.75) is 6.04 Å². The highest BCUT2D eigenvalue weighted by molar-refractivity contribution is 7.80. The third-order valence-corrected chi connectivity index (χ3v) is 5.21. The topological polar surface area (TPSA) is 47.0 Å². The summed E-state index contributed by atoms with van der Waals surface area (Å²) < 4.78 is 10.8. The summed E-state index contributed by atoms with van der Waals surface area (Å²) in [6.45, 7) is 4.28. The van der Waals surface area contributed by atoms with Crippen LogP contribution in [-0.4, -0.2) is 45.1 Å². The van der Waals surface area contributed by atoms with Gasteiger partial charge in [-0.2, -0.15) is 0 Å². The fourth-order valence-electron chi connectivity index (χ4n) is 3.22. The SMILES string of the molecule is COc1ccc([C@@H](CNC(=S)Nc2ccc(Cl)cc2)[NH+]2CCOCC2)cc1. The number of hydrogen-bond acceptors (Lipinski definition) is 3. The molecule has 3 rings (SSSR count). The Labute approximate surface area is 170 Å². The van der Waals surface area contributed by atoms with E-state index in [0.717, 1.165) is 44.3 Å². The molecule has 0 amide bonds. The molecule has 0 aromatic heterocycles. The molecular weight excluding hydrogens is 382 g/mol. The van der Waals surface area contributed by atoms with Crippen LogP contribution in [0, 0.1) is 0 Å². The quantitative estimate of drug-likeness (QED) is 0.642. The monoisotopic (exact) mass is 406 g/mol. The Morgan fingerprint density at radius 2 is 1.81 bits per heavy atom. The Kier molecular flexibility index (Phi) is 7.29. The fraction of sp³-hybridized carbons (Fsp3) is 0.350. The highest BCUT2D eigenvalue weighted by Gasteiger charge is 2.26. The number of halogens is 1. The fourth-order valence-corrected chi connectivity index (χ4v) is 3.55. The summed E-state index contributed by atoms with van der Waals surface area (Å²) in [6, 6.07) is 16.0. The molecule has 1 aliphatic heterocycles. The molecule has 2 aromatic carbocycles. The van der Waals surface area contributed by atoms with Gasteiger partial charge in [0.2, 0.25) is 0 Å². The Hall–Kier alpha value is -1.86. The van der Waals surface area contributed by atoms with Gasteiger partial charge in [-0.3, -0.25) is 0 Å². The lowest BCUT2D eigenvalue weighted by molar-refractivity contribution is -0.937. The summed E-state index contributed by atoms with van der Waals surface area (Å²) in [6.07, 6.45) is 0. The first-order chi connectivity index (χ1) is 13.2. The number of anilines is 1. The van der Waals surface area contributed by atoms with E-state index in [1.807, 2.05) is 36.4 Å². The zero-order valence-corrected chi connectivity index (χ0v) is 16.9. The summed E-state index contributed by atoms with van der Waals surface area (Å²) in [5.74, 6) is 0.863. The summed E-state index contributed by atoms with van der Waals surface area (Å²) in [5, 5.41) is 7.87. The minimum absolute atomic E-state index is 0.282. The molecule has 27 heavy (non-hydrogen) atoms. The van der Waals surface area contributed by atoms with Crippen LogP contribution in [0.5, 0.6) is 5.75 Å². The van der Waals surface area contributed by atoms with E-state index in [2.05, 4.69) is 22.8 Å². The molecule has 2 aromatic rings. The number of quaternary nitrogens is 1. The lowest BCUT2D eigenvalue weighted by Crippen LogP contribution is -3.15. The number of thiocarbonyl (C=S) groups is 1. The summed E-state index contributed by atoms with van der Waals surface area (Å²) in [5.41, 5.74) is 2.17. The van der Waals surface area contributed by atoms with E-state index >= 15 is 0 Å². The van der Waals surface area contributed by atoms with Gasteiger partial charge in [-0.05, 0) is 60.7 Å². The maximum absolute atomic E-state index is 5.93. The van der Waals surface area contributed by atoms with E-state index < -0.39 is 0 Å². The van der Waals surface area contributed by atoms with Gasteiger partial charge in [0.15, 0.2) is 5.11 Å². The number of nitrogens with one attached hydrogen (secondary N) is 3. The molecule has 1 saturated heterocycles. The highest BCUT2D eigenvalue weighted by atomic mass is 35.5. The predicted octanol–water partition coefficient (Wildman–Crippen LogP) is 2.29. The lowest BCUT2D eigenvalue weighted by Gasteiger charge is -2.32. The second kappa shape index (κ2) is 9.90. The van der Waals surface area contributed by atoms with E-state index in [-0.39, 0.29) is 6.04 Å². The second-order valence-electron chi connectivity index (χ2n) is 6.44. The van der Waals surface area contributed by atoms with Crippen molar-refractivity contribution in [1.29, 1.82) is 0 Å². The van der Waals surface area contributed by atoms with Gasteiger partial charge in [0.05, 0.1) is 26.9 Å². The van der Waals surface area contributed by atoms with Gasteiger partial charge in [0, 0.05) is 16.3 Å². The number of hydrogen-bond donors (Lipinski definition) is 3. The molecule has 0 unspecified atom stereocenters. The molecule has 1 atom stereocenters. The first-order valence-electron chi connectivity index (χ1n) is 9.02. The zero-order chi connectivity index (χ0) is 19.1. The van der Waals surface area contributed by atoms with Gasteiger partial charge in [0.1, 0.15) is 24.9 Å². The highest BCUT2D eigenvalue weighted by Crippen LogP contribution is 2.16. The molecule has 0 aliphatic carbocycles. The molecule has 1 aliphatic rings. The largest absolute Gasteiger partial charge is 0.497 e.